The standard InChI is InChI=1S/C17H20N2O4S/c1-10(2)22-9-13-8-17(15(21)23-13)14(20)19-16(24-17)18-12-6-4-11(3)5-7-12/h4-7,10,13H,8-9H2,1-3H3,(H,18,19,20). The molecule has 0 saturated carbocycles. The molecule has 0 aromatic heterocycles. The van der Waals surface area contributed by atoms with E-state index < -0.39 is 16.8 Å². The maximum atomic E-state index is 12.4. The average molecular weight is 348 g/mol. The van der Waals surface area contributed by atoms with Gasteiger partial charge >= 0.3 is 5.97 Å². The molecule has 2 saturated heterocycles. The number of benzene rings is 1. The van der Waals surface area contributed by atoms with Gasteiger partial charge in [0.15, 0.2) is 5.17 Å². The number of hydrogen-bond donors (Lipinski definition) is 1. The molecule has 2 heterocycles. The van der Waals surface area contributed by atoms with E-state index >= 15 is 0 Å². The summed E-state index contributed by atoms with van der Waals surface area (Å²) >= 11 is 1.13. The maximum Gasteiger partial charge on any atom is 0.332 e. The predicted molar refractivity (Wildman–Crippen MR) is 92.3 cm³/mol. The Morgan fingerprint density at radius 1 is 1.38 bits per heavy atom. The third-order valence-electron chi connectivity index (χ3n) is 3.86. The molecular formula is C17H20N2O4S. The van der Waals surface area contributed by atoms with Crippen LogP contribution in [0.25, 0.3) is 0 Å². The van der Waals surface area contributed by atoms with E-state index in [2.05, 4.69) is 10.3 Å². The monoisotopic (exact) mass is 348 g/mol. The summed E-state index contributed by atoms with van der Waals surface area (Å²) in [5, 5.41) is 3.12. The number of cyclic esters (lactones) is 1. The molecule has 1 amide bonds. The quantitative estimate of drug-likeness (QED) is 0.667. The molecule has 2 unspecified atom stereocenters. The first-order chi connectivity index (χ1) is 11.4. The number of nitrogens with zero attached hydrogens (tertiary/aromatic N) is 1. The lowest BCUT2D eigenvalue weighted by Gasteiger charge is -2.13. The highest BCUT2D eigenvalue weighted by Crippen LogP contribution is 2.43. The fraction of sp³-hybridized carbons (Fsp3) is 0.471. The minimum atomic E-state index is -1.24. The summed E-state index contributed by atoms with van der Waals surface area (Å²) in [6.07, 6.45) is -0.0667. The van der Waals surface area contributed by atoms with E-state index in [1.54, 1.807) is 0 Å². The number of thioether (sulfide) groups is 1. The van der Waals surface area contributed by atoms with Crippen LogP contribution in [0, 0.1) is 6.92 Å². The van der Waals surface area contributed by atoms with Crippen LogP contribution in [0.4, 0.5) is 5.69 Å². The summed E-state index contributed by atoms with van der Waals surface area (Å²) in [5.74, 6) is -0.883. The number of ether oxygens (including phenoxy) is 2. The van der Waals surface area contributed by atoms with Gasteiger partial charge in [0.05, 0.1) is 18.4 Å². The minimum Gasteiger partial charge on any atom is -0.458 e. The van der Waals surface area contributed by atoms with Gasteiger partial charge < -0.3 is 14.8 Å². The van der Waals surface area contributed by atoms with Crippen LogP contribution < -0.4 is 5.32 Å². The van der Waals surface area contributed by atoms with Gasteiger partial charge in [-0.3, -0.25) is 4.79 Å². The van der Waals surface area contributed by atoms with Gasteiger partial charge in [0.2, 0.25) is 4.75 Å². The number of amidine groups is 1. The SMILES string of the molecule is Cc1ccc(N=C2NC(=O)C3(CC(COC(C)C)OC3=O)S2)cc1. The second-order valence-corrected chi connectivity index (χ2v) is 7.54. The second kappa shape index (κ2) is 6.57. The molecule has 0 aliphatic carbocycles. The maximum absolute atomic E-state index is 12.4. The summed E-state index contributed by atoms with van der Waals surface area (Å²) in [7, 11) is 0. The predicted octanol–water partition coefficient (Wildman–Crippen LogP) is 2.32. The summed E-state index contributed by atoms with van der Waals surface area (Å²) in [5.41, 5.74) is 1.86. The summed E-state index contributed by atoms with van der Waals surface area (Å²) in [6.45, 7) is 6.11. The Labute approximate surface area is 145 Å². The Bertz CT molecular complexity index is 686. The van der Waals surface area contributed by atoms with E-state index in [1.165, 1.54) is 0 Å². The molecular weight excluding hydrogens is 328 g/mol. The van der Waals surface area contributed by atoms with E-state index in [9.17, 15) is 9.59 Å². The van der Waals surface area contributed by atoms with Crippen LogP contribution in [0.1, 0.15) is 25.8 Å². The topological polar surface area (TPSA) is 77.0 Å². The molecule has 1 spiro atoms. The van der Waals surface area contributed by atoms with Gasteiger partial charge in [0.1, 0.15) is 6.10 Å². The number of rotatable bonds is 4. The highest BCUT2D eigenvalue weighted by atomic mass is 32.2. The van der Waals surface area contributed by atoms with E-state index in [0.29, 0.717) is 18.2 Å². The molecule has 0 bridgehead atoms. The Hall–Kier alpha value is -1.86. The van der Waals surface area contributed by atoms with Gasteiger partial charge in [0.25, 0.3) is 5.91 Å². The number of aryl methyl sites for hydroxylation is 1. The van der Waals surface area contributed by atoms with Crippen LogP contribution >= 0.6 is 11.8 Å². The first-order valence-electron chi connectivity index (χ1n) is 7.87. The zero-order chi connectivity index (χ0) is 17.3. The molecule has 2 aliphatic heterocycles. The number of esters is 1. The molecule has 2 atom stereocenters. The molecule has 6 nitrogen and oxygen atoms in total. The van der Waals surface area contributed by atoms with E-state index in [4.69, 9.17) is 9.47 Å². The number of amides is 1. The molecule has 7 heteroatoms. The van der Waals surface area contributed by atoms with E-state index in [1.807, 2.05) is 45.0 Å². The van der Waals surface area contributed by atoms with E-state index in [-0.39, 0.29) is 12.0 Å². The number of aliphatic imine (C=N–C) groups is 1. The molecule has 2 aliphatic rings. The van der Waals surface area contributed by atoms with Gasteiger partial charge in [-0.05, 0) is 32.9 Å². The first-order valence-corrected chi connectivity index (χ1v) is 8.69. The summed E-state index contributed by atoms with van der Waals surface area (Å²) < 4.78 is 9.59. The van der Waals surface area contributed by atoms with Crippen LogP contribution in [0.2, 0.25) is 0 Å². The third-order valence-corrected chi connectivity index (χ3v) is 5.11. The van der Waals surface area contributed by atoms with Gasteiger partial charge in [-0.15, -0.1) is 0 Å². The molecule has 1 N–H and O–H groups in total. The average Bonchev–Trinajstić information content (AvgIpc) is 3.00. The van der Waals surface area contributed by atoms with Gasteiger partial charge in [-0.1, -0.05) is 29.5 Å². The third kappa shape index (κ3) is 3.32. The van der Waals surface area contributed by atoms with Crippen molar-refractivity contribution in [2.75, 3.05) is 6.61 Å². The van der Waals surface area contributed by atoms with Gasteiger partial charge in [-0.2, -0.15) is 0 Å². The Balaban J connectivity index is 1.74. The van der Waals surface area contributed by atoms with Crippen molar-refractivity contribution in [2.45, 2.75) is 44.1 Å². The molecule has 0 radical (unpaired) electrons. The highest BCUT2D eigenvalue weighted by molar-refractivity contribution is 8.17. The lowest BCUT2D eigenvalue weighted by molar-refractivity contribution is -0.147. The molecule has 128 valence electrons. The van der Waals surface area contributed by atoms with Crippen molar-refractivity contribution >= 4 is 34.5 Å². The molecule has 3 rings (SSSR count). The largest absolute Gasteiger partial charge is 0.458 e. The molecule has 1 aromatic carbocycles. The molecule has 24 heavy (non-hydrogen) atoms. The lowest BCUT2D eigenvalue weighted by atomic mass is 10.0. The van der Waals surface area contributed by atoms with Crippen LogP contribution in [-0.4, -0.2) is 40.6 Å². The van der Waals surface area contributed by atoms with Crippen LogP contribution in [0.5, 0.6) is 0 Å². The van der Waals surface area contributed by atoms with Crippen molar-refractivity contribution in [3.63, 3.8) is 0 Å². The number of carbonyl (C=O) groups is 2. The number of nitrogens with one attached hydrogen (secondary N) is 1. The fourth-order valence-corrected chi connectivity index (χ4v) is 3.75. The second-order valence-electron chi connectivity index (χ2n) is 6.25. The van der Waals surface area contributed by atoms with Gasteiger partial charge in [-0.25, -0.2) is 9.79 Å². The Morgan fingerprint density at radius 3 is 2.75 bits per heavy atom. The zero-order valence-electron chi connectivity index (χ0n) is 13.9. The normalized spacial score (nSPS) is 28.0. The highest BCUT2D eigenvalue weighted by Gasteiger charge is 2.60. The number of carbonyl (C=O) groups excluding carboxylic acids is 2. The van der Waals surface area contributed by atoms with Crippen LogP contribution in [0.3, 0.4) is 0 Å². The van der Waals surface area contributed by atoms with Crippen molar-refractivity contribution in [3.05, 3.63) is 29.8 Å². The van der Waals surface area contributed by atoms with E-state index in [0.717, 1.165) is 23.0 Å². The lowest BCUT2D eigenvalue weighted by Crippen LogP contribution is -2.40. The van der Waals surface area contributed by atoms with Crippen molar-refractivity contribution in [1.29, 1.82) is 0 Å². The smallest absolute Gasteiger partial charge is 0.332 e. The molecule has 1 aromatic rings. The zero-order valence-corrected chi connectivity index (χ0v) is 14.7. The Morgan fingerprint density at radius 2 is 2.08 bits per heavy atom. The number of hydrogen-bond acceptors (Lipinski definition) is 6. The van der Waals surface area contributed by atoms with Crippen molar-refractivity contribution in [2.24, 2.45) is 4.99 Å². The summed E-state index contributed by atoms with van der Waals surface area (Å²) in [6, 6.07) is 7.62. The summed E-state index contributed by atoms with van der Waals surface area (Å²) in [4.78, 5) is 29.1. The molecule has 2 fully saturated rings. The van der Waals surface area contributed by atoms with Crippen molar-refractivity contribution in [3.8, 4) is 0 Å². The van der Waals surface area contributed by atoms with Crippen LogP contribution in [-0.2, 0) is 19.1 Å². The van der Waals surface area contributed by atoms with Crippen molar-refractivity contribution < 1.29 is 19.1 Å². The van der Waals surface area contributed by atoms with Crippen molar-refractivity contribution in [1.82, 2.24) is 5.32 Å². The van der Waals surface area contributed by atoms with Crippen LogP contribution in [0.15, 0.2) is 29.3 Å². The minimum absolute atomic E-state index is 0.0453. The Kier molecular flexibility index (Phi) is 4.64. The van der Waals surface area contributed by atoms with Gasteiger partial charge in [0, 0.05) is 6.42 Å². The fourth-order valence-electron chi connectivity index (χ4n) is 2.58. The first kappa shape index (κ1) is 17.0.